The minimum atomic E-state index is 0.0647. The molecule has 0 heterocycles. The number of hydrogen-bond acceptors (Lipinski definition) is 3. The van der Waals surface area contributed by atoms with Gasteiger partial charge in [-0.3, -0.25) is 4.79 Å². The van der Waals surface area contributed by atoms with Crippen LogP contribution in [0.3, 0.4) is 0 Å². The average Bonchev–Trinajstić information content (AvgIpc) is 2.62. The predicted molar refractivity (Wildman–Crippen MR) is 112 cm³/mol. The van der Waals surface area contributed by atoms with Crippen LogP contribution in [-0.2, 0) is 17.0 Å². The van der Waals surface area contributed by atoms with Crippen LogP contribution in [0.4, 0.5) is 0 Å². The summed E-state index contributed by atoms with van der Waals surface area (Å²) in [5.74, 6) is 2.48. The maximum atomic E-state index is 12.0. The molecule has 3 nitrogen and oxygen atoms in total. The number of thioether (sulfide) groups is 1. The quantitative estimate of drug-likeness (QED) is 0.569. The molecule has 0 aliphatic carbocycles. The summed E-state index contributed by atoms with van der Waals surface area (Å²) in [5.41, 5.74) is 3.17. The molecule has 2 aromatic rings. The Balaban J connectivity index is 1.65. The van der Waals surface area contributed by atoms with Gasteiger partial charge in [-0.25, -0.2) is 0 Å². The molecule has 0 aliphatic rings. The number of methoxy groups -OCH3 is 1. The van der Waals surface area contributed by atoms with E-state index in [0.29, 0.717) is 23.0 Å². The Morgan fingerprint density at radius 2 is 1.92 bits per heavy atom. The van der Waals surface area contributed by atoms with Gasteiger partial charge in [0.1, 0.15) is 5.75 Å². The SMILES string of the molecule is COc1ccc(CCC(=O)NCCSCc2c(Cl)cccc2Cl)cc1C. The van der Waals surface area contributed by atoms with Gasteiger partial charge in [0.15, 0.2) is 0 Å². The van der Waals surface area contributed by atoms with Crippen molar-refractivity contribution in [3.63, 3.8) is 0 Å². The third kappa shape index (κ3) is 6.42. The third-order valence-corrected chi connectivity index (χ3v) is 5.67. The predicted octanol–water partition coefficient (Wildman–Crippen LogP) is 5.29. The molecule has 0 unspecified atom stereocenters. The summed E-state index contributed by atoms with van der Waals surface area (Å²) in [6, 6.07) is 11.5. The minimum absolute atomic E-state index is 0.0647. The Morgan fingerprint density at radius 3 is 2.58 bits per heavy atom. The van der Waals surface area contributed by atoms with Crippen molar-refractivity contribution < 1.29 is 9.53 Å². The summed E-state index contributed by atoms with van der Waals surface area (Å²) < 4.78 is 5.25. The molecule has 0 radical (unpaired) electrons. The van der Waals surface area contributed by atoms with Crippen molar-refractivity contribution in [2.45, 2.75) is 25.5 Å². The second-order valence-corrected chi connectivity index (χ2v) is 7.83. The van der Waals surface area contributed by atoms with Crippen LogP contribution in [-0.4, -0.2) is 25.3 Å². The zero-order valence-electron chi connectivity index (χ0n) is 15.0. The van der Waals surface area contributed by atoms with Gasteiger partial charge in [-0.05, 0) is 48.2 Å². The molecule has 2 rings (SSSR count). The molecule has 0 aliphatic heterocycles. The topological polar surface area (TPSA) is 38.3 Å². The number of carbonyl (C=O) groups is 1. The first-order valence-electron chi connectivity index (χ1n) is 8.42. The Kier molecular flexibility index (Phi) is 8.63. The van der Waals surface area contributed by atoms with Crippen LogP contribution < -0.4 is 10.1 Å². The summed E-state index contributed by atoms with van der Waals surface area (Å²) in [6.45, 7) is 2.64. The van der Waals surface area contributed by atoms with Crippen LogP contribution in [0.2, 0.25) is 10.0 Å². The average molecular weight is 412 g/mol. The molecule has 26 heavy (non-hydrogen) atoms. The highest BCUT2D eigenvalue weighted by Gasteiger charge is 2.06. The first kappa shape index (κ1) is 20.9. The molecule has 0 saturated carbocycles. The second kappa shape index (κ2) is 10.7. The summed E-state index contributed by atoms with van der Waals surface area (Å²) in [5, 5.41) is 4.32. The lowest BCUT2D eigenvalue weighted by atomic mass is 10.1. The molecule has 0 bridgehead atoms. The van der Waals surface area contributed by atoms with Crippen molar-refractivity contribution in [2.24, 2.45) is 0 Å². The van der Waals surface area contributed by atoms with E-state index >= 15 is 0 Å². The van der Waals surface area contributed by atoms with Crippen molar-refractivity contribution in [1.29, 1.82) is 0 Å². The fraction of sp³-hybridized carbons (Fsp3) is 0.350. The number of carbonyl (C=O) groups excluding carboxylic acids is 1. The third-order valence-electron chi connectivity index (χ3n) is 3.98. The van der Waals surface area contributed by atoms with Crippen molar-refractivity contribution in [3.05, 3.63) is 63.1 Å². The van der Waals surface area contributed by atoms with Crippen LogP contribution >= 0.6 is 35.0 Å². The second-order valence-electron chi connectivity index (χ2n) is 5.91. The highest BCUT2D eigenvalue weighted by Crippen LogP contribution is 2.28. The van der Waals surface area contributed by atoms with E-state index in [1.54, 1.807) is 18.9 Å². The highest BCUT2D eigenvalue weighted by atomic mass is 35.5. The van der Waals surface area contributed by atoms with Gasteiger partial charge in [0.25, 0.3) is 0 Å². The van der Waals surface area contributed by atoms with E-state index in [9.17, 15) is 4.79 Å². The van der Waals surface area contributed by atoms with E-state index in [2.05, 4.69) is 11.4 Å². The zero-order chi connectivity index (χ0) is 18.9. The minimum Gasteiger partial charge on any atom is -0.496 e. The van der Waals surface area contributed by atoms with Gasteiger partial charge < -0.3 is 10.1 Å². The molecule has 0 atom stereocenters. The number of nitrogens with one attached hydrogen (secondary N) is 1. The molecule has 0 spiro atoms. The number of amides is 1. The van der Waals surface area contributed by atoms with Crippen molar-refractivity contribution >= 4 is 40.9 Å². The summed E-state index contributed by atoms with van der Waals surface area (Å²) >= 11 is 14.0. The van der Waals surface area contributed by atoms with E-state index in [0.717, 1.165) is 40.4 Å². The van der Waals surface area contributed by atoms with E-state index in [1.807, 2.05) is 37.3 Å². The number of hydrogen-bond donors (Lipinski definition) is 1. The van der Waals surface area contributed by atoms with Gasteiger partial charge in [-0.15, -0.1) is 0 Å². The van der Waals surface area contributed by atoms with E-state index in [-0.39, 0.29) is 5.91 Å². The fourth-order valence-corrected chi connectivity index (χ4v) is 4.14. The number of rotatable bonds is 9. The fourth-order valence-electron chi connectivity index (χ4n) is 2.55. The van der Waals surface area contributed by atoms with Crippen LogP contribution in [0.25, 0.3) is 0 Å². The molecular formula is C20H23Cl2NO2S. The highest BCUT2D eigenvalue weighted by molar-refractivity contribution is 7.98. The lowest BCUT2D eigenvalue weighted by molar-refractivity contribution is -0.120. The lowest BCUT2D eigenvalue weighted by Crippen LogP contribution is -2.25. The molecule has 0 fully saturated rings. The number of benzene rings is 2. The standard InChI is InChI=1S/C20H23Cl2NO2S/c1-14-12-15(6-8-19(14)25-2)7-9-20(24)23-10-11-26-13-16-17(21)4-3-5-18(16)22/h3-6,8,12H,7,9-11,13H2,1-2H3,(H,23,24). The van der Waals surface area contributed by atoms with E-state index < -0.39 is 0 Å². The van der Waals surface area contributed by atoms with E-state index in [4.69, 9.17) is 27.9 Å². The van der Waals surface area contributed by atoms with Crippen molar-refractivity contribution in [3.8, 4) is 5.75 Å². The number of ether oxygens (including phenoxy) is 1. The molecule has 6 heteroatoms. The maximum Gasteiger partial charge on any atom is 0.220 e. The van der Waals surface area contributed by atoms with Gasteiger partial charge in [-0.2, -0.15) is 11.8 Å². The first-order chi connectivity index (χ1) is 12.5. The molecule has 1 N–H and O–H groups in total. The van der Waals surface area contributed by atoms with Crippen molar-refractivity contribution in [2.75, 3.05) is 19.4 Å². The van der Waals surface area contributed by atoms with Crippen LogP contribution in [0.1, 0.15) is 23.1 Å². The van der Waals surface area contributed by atoms with Crippen LogP contribution in [0.15, 0.2) is 36.4 Å². The molecular weight excluding hydrogens is 389 g/mol. The molecule has 2 aromatic carbocycles. The summed E-state index contributed by atoms with van der Waals surface area (Å²) in [4.78, 5) is 12.0. The van der Waals surface area contributed by atoms with Gasteiger partial charge in [0.2, 0.25) is 5.91 Å². The Morgan fingerprint density at radius 1 is 1.19 bits per heavy atom. The maximum absolute atomic E-state index is 12.0. The van der Waals surface area contributed by atoms with Gasteiger partial charge in [0, 0.05) is 34.5 Å². The Bertz CT molecular complexity index is 732. The van der Waals surface area contributed by atoms with Crippen molar-refractivity contribution in [1.82, 2.24) is 5.32 Å². The van der Waals surface area contributed by atoms with Crippen LogP contribution in [0.5, 0.6) is 5.75 Å². The summed E-state index contributed by atoms with van der Waals surface area (Å²) in [6.07, 6.45) is 1.20. The van der Waals surface area contributed by atoms with E-state index in [1.165, 1.54) is 0 Å². The normalized spacial score (nSPS) is 10.6. The number of aryl methyl sites for hydroxylation is 2. The number of halogens is 2. The summed E-state index contributed by atoms with van der Waals surface area (Å²) in [7, 11) is 1.66. The molecule has 0 aromatic heterocycles. The lowest BCUT2D eigenvalue weighted by Gasteiger charge is -2.09. The monoisotopic (exact) mass is 411 g/mol. The Labute approximate surface area is 169 Å². The largest absolute Gasteiger partial charge is 0.496 e. The Hall–Kier alpha value is -1.36. The van der Waals surface area contributed by atoms with Crippen LogP contribution in [0, 0.1) is 6.92 Å². The zero-order valence-corrected chi connectivity index (χ0v) is 17.3. The molecule has 1 amide bonds. The van der Waals surface area contributed by atoms with Gasteiger partial charge >= 0.3 is 0 Å². The smallest absolute Gasteiger partial charge is 0.220 e. The van der Waals surface area contributed by atoms with Gasteiger partial charge in [-0.1, -0.05) is 41.4 Å². The van der Waals surface area contributed by atoms with Gasteiger partial charge in [0.05, 0.1) is 7.11 Å². The first-order valence-corrected chi connectivity index (χ1v) is 10.3. The molecule has 0 saturated heterocycles. The molecule has 140 valence electrons.